The molecule has 6 nitrogen and oxygen atoms in total. The summed E-state index contributed by atoms with van der Waals surface area (Å²) in [4.78, 5) is 11.6. The Bertz CT molecular complexity index is 483. The van der Waals surface area contributed by atoms with Gasteiger partial charge < -0.3 is 25.2 Å². The van der Waals surface area contributed by atoms with Crippen LogP contribution < -0.4 is 20.1 Å². The van der Waals surface area contributed by atoms with Crippen molar-refractivity contribution in [3.8, 4) is 11.5 Å². The summed E-state index contributed by atoms with van der Waals surface area (Å²) in [6.45, 7) is 5.77. The molecule has 0 radical (unpaired) electrons. The average Bonchev–Trinajstić information content (AvgIpc) is 2.42. The SMILES string of the molecule is COc1ccc(C(O)CNC(=O)NC(C)(C)C)cc1OC. The quantitative estimate of drug-likeness (QED) is 0.774. The molecule has 0 aliphatic carbocycles. The number of methoxy groups -OCH3 is 2. The number of carbonyl (C=O) groups excluding carboxylic acids is 1. The molecule has 0 spiro atoms. The van der Waals surface area contributed by atoms with Crippen molar-refractivity contribution in [1.29, 1.82) is 0 Å². The second-order valence-corrected chi connectivity index (χ2v) is 5.72. The largest absolute Gasteiger partial charge is 0.493 e. The van der Waals surface area contributed by atoms with Crippen molar-refractivity contribution >= 4 is 6.03 Å². The van der Waals surface area contributed by atoms with Gasteiger partial charge in [-0.05, 0) is 38.5 Å². The predicted molar refractivity (Wildman–Crippen MR) is 80.8 cm³/mol. The fraction of sp³-hybridized carbons (Fsp3) is 0.533. The van der Waals surface area contributed by atoms with Gasteiger partial charge in [0.05, 0.1) is 20.3 Å². The van der Waals surface area contributed by atoms with Gasteiger partial charge in [0, 0.05) is 12.1 Å². The van der Waals surface area contributed by atoms with Gasteiger partial charge in [0.1, 0.15) is 0 Å². The van der Waals surface area contributed by atoms with Gasteiger partial charge in [-0.3, -0.25) is 0 Å². The topological polar surface area (TPSA) is 79.8 Å². The highest BCUT2D eigenvalue weighted by molar-refractivity contribution is 5.74. The predicted octanol–water partition coefficient (Wildman–Crippen LogP) is 1.83. The van der Waals surface area contributed by atoms with Crippen LogP contribution in [-0.2, 0) is 0 Å². The average molecular weight is 296 g/mol. The molecule has 0 saturated carbocycles. The number of aliphatic hydroxyl groups excluding tert-OH is 1. The molecule has 3 N–H and O–H groups in total. The van der Waals surface area contributed by atoms with E-state index in [0.29, 0.717) is 17.1 Å². The van der Waals surface area contributed by atoms with Gasteiger partial charge in [0.2, 0.25) is 0 Å². The standard InChI is InChI=1S/C15H24N2O4/c1-15(2,3)17-14(19)16-9-11(18)10-6-7-12(20-4)13(8-10)21-5/h6-8,11,18H,9H2,1-5H3,(H2,16,17,19). The van der Waals surface area contributed by atoms with Crippen molar-refractivity contribution in [2.75, 3.05) is 20.8 Å². The fourth-order valence-corrected chi connectivity index (χ4v) is 1.75. The third kappa shape index (κ3) is 5.51. The molecule has 21 heavy (non-hydrogen) atoms. The van der Waals surface area contributed by atoms with Crippen molar-refractivity contribution in [1.82, 2.24) is 10.6 Å². The first-order chi connectivity index (χ1) is 9.76. The summed E-state index contributed by atoms with van der Waals surface area (Å²) in [6.07, 6.45) is -0.824. The number of benzene rings is 1. The number of urea groups is 1. The number of carbonyl (C=O) groups is 1. The molecule has 2 amide bonds. The van der Waals surface area contributed by atoms with Crippen LogP contribution in [0.25, 0.3) is 0 Å². The van der Waals surface area contributed by atoms with E-state index in [1.54, 1.807) is 25.3 Å². The Hall–Kier alpha value is -1.95. The van der Waals surface area contributed by atoms with Crippen LogP contribution in [0, 0.1) is 0 Å². The van der Waals surface area contributed by atoms with Gasteiger partial charge in [0.25, 0.3) is 0 Å². The summed E-state index contributed by atoms with van der Waals surface area (Å²) < 4.78 is 10.3. The van der Waals surface area contributed by atoms with Crippen molar-refractivity contribution in [2.45, 2.75) is 32.4 Å². The molecule has 1 atom stereocenters. The molecule has 6 heteroatoms. The number of hydrogen-bond donors (Lipinski definition) is 3. The maximum atomic E-state index is 11.6. The minimum Gasteiger partial charge on any atom is -0.493 e. The Morgan fingerprint density at radius 1 is 1.24 bits per heavy atom. The minimum absolute atomic E-state index is 0.109. The molecule has 0 saturated heterocycles. The third-order valence-corrected chi connectivity index (χ3v) is 2.74. The smallest absolute Gasteiger partial charge is 0.315 e. The lowest BCUT2D eigenvalue weighted by Gasteiger charge is -2.21. The molecule has 118 valence electrons. The van der Waals surface area contributed by atoms with Crippen LogP contribution in [0.2, 0.25) is 0 Å². The van der Waals surface area contributed by atoms with Crippen LogP contribution >= 0.6 is 0 Å². The van der Waals surface area contributed by atoms with Crippen LogP contribution in [0.15, 0.2) is 18.2 Å². The van der Waals surface area contributed by atoms with E-state index in [1.807, 2.05) is 20.8 Å². The maximum absolute atomic E-state index is 11.6. The van der Waals surface area contributed by atoms with Gasteiger partial charge in [-0.25, -0.2) is 4.79 Å². The van der Waals surface area contributed by atoms with Crippen molar-refractivity contribution in [3.05, 3.63) is 23.8 Å². The van der Waals surface area contributed by atoms with Crippen LogP contribution in [0.3, 0.4) is 0 Å². The van der Waals surface area contributed by atoms with Crippen molar-refractivity contribution in [2.24, 2.45) is 0 Å². The van der Waals surface area contributed by atoms with Crippen LogP contribution in [0.1, 0.15) is 32.4 Å². The second kappa shape index (κ2) is 7.17. The summed E-state index contributed by atoms with van der Waals surface area (Å²) in [6, 6.07) is 4.82. The Balaban J connectivity index is 2.63. The van der Waals surface area contributed by atoms with Crippen molar-refractivity contribution < 1.29 is 19.4 Å². The monoisotopic (exact) mass is 296 g/mol. The number of amides is 2. The molecule has 1 aromatic rings. The zero-order chi connectivity index (χ0) is 16.0. The van der Waals surface area contributed by atoms with Crippen molar-refractivity contribution in [3.63, 3.8) is 0 Å². The lowest BCUT2D eigenvalue weighted by Crippen LogP contribution is -2.47. The Labute approximate surface area is 125 Å². The molecule has 1 aromatic carbocycles. The summed E-state index contributed by atoms with van der Waals surface area (Å²) in [7, 11) is 3.08. The summed E-state index contributed by atoms with van der Waals surface area (Å²) in [5.74, 6) is 1.13. The molecule has 1 unspecified atom stereocenters. The molecule has 0 aromatic heterocycles. The first-order valence-electron chi connectivity index (χ1n) is 6.73. The van der Waals surface area contributed by atoms with E-state index >= 15 is 0 Å². The molecular formula is C15H24N2O4. The molecule has 1 rings (SSSR count). The first-order valence-corrected chi connectivity index (χ1v) is 6.73. The zero-order valence-electron chi connectivity index (χ0n) is 13.2. The van der Waals surface area contributed by atoms with E-state index in [-0.39, 0.29) is 18.1 Å². The third-order valence-electron chi connectivity index (χ3n) is 2.74. The molecule has 0 aliphatic heterocycles. The van der Waals surface area contributed by atoms with E-state index in [1.165, 1.54) is 7.11 Å². The van der Waals surface area contributed by atoms with E-state index in [4.69, 9.17) is 9.47 Å². The normalized spacial score (nSPS) is 12.5. The molecule has 0 aliphatic rings. The van der Waals surface area contributed by atoms with Crippen LogP contribution in [-0.4, -0.2) is 37.4 Å². The summed E-state index contributed by atoms with van der Waals surface area (Å²) in [5.41, 5.74) is 0.321. The van der Waals surface area contributed by atoms with Gasteiger partial charge in [0.15, 0.2) is 11.5 Å². The Morgan fingerprint density at radius 2 is 1.86 bits per heavy atom. The lowest BCUT2D eigenvalue weighted by atomic mass is 10.1. The van der Waals surface area contributed by atoms with E-state index < -0.39 is 6.10 Å². The van der Waals surface area contributed by atoms with Gasteiger partial charge in [-0.15, -0.1) is 0 Å². The highest BCUT2D eigenvalue weighted by Gasteiger charge is 2.16. The number of aliphatic hydroxyl groups is 1. The molecule has 0 heterocycles. The van der Waals surface area contributed by atoms with Gasteiger partial charge >= 0.3 is 6.03 Å². The number of ether oxygens (including phenoxy) is 2. The molecule has 0 fully saturated rings. The Morgan fingerprint density at radius 3 is 2.38 bits per heavy atom. The van der Waals surface area contributed by atoms with E-state index in [9.17, 15) is 9.90 Å². The number of hydrogen-bond acceptors (Lipinski definition) is 4. The van der Waals surface area contributed by atoms with Crippen LogP contribution in [0.5, 0.6) is 11.5 Å². The van der Waals surface area contributed by atoms with E-state index in [0.717, 1.165) is 0 Å². The highest BCUT2D eigenvalue weighted by Crippen LogP contribution is 2.29. The van der Waals surface area contributed by atoms with Crippen LogP contribution in [0.4, 0.5) is 4.79 Å². The summed E-state index contributed by atoms with van der Waals surface area (Å²) in [5, 5.41) is 15.5. The number of nitrogens with one attached hydrogen (secondary N) is 2. The highest BCUT2D eigenvalue weighted by atomic mass is 16.5. The molecule has 0 bridgehead atoms. The Kier molecular flexibility index (Phi) is 5.84. The maximum Gasteiger partial charge on any atom is 0.315 e. The van der Waals surface area contributed by atoms with E-state index in [2.05, 4.69) is 10.6 Å². The molecular weight excluding hydrogens is 272 g/mol. The lowest BCUT2D eigenvalue weighted by molar-refractivity contribution is 0.171. The van der Waals surface area contributed by atoms with Gasteiger partial charge in [-0.1, -0.05) is 6.07 Å². The minimum atomic E-state index is -0.824. The number of rotatable bonds is 5. The fourth-order valence-electron chi connectivity index (χ4n) is 1.75. The first kappa shape index (κ1) is 17.1. The van der Waals surface area contributed by atoms with Gasteiger partial charge in [-0.2, -0.15) is 0 Å². The zero-order valence-corrected chi connectivity index (χ0v) is 13.2. The summed E-state index contributed by atoms with van der Waals surface area (Å²) >= 11 is 0. The second-order valence-electron chi connectivity index (χ2n) is 5.72.